The first-order valence-corrected chi connectivity index (χ1v) is 6.89. The van der Waals surface area contributed by atoms with E-state index in [4.69, 9.17) is 10.5 Å². The second-order valence-electron chi connectivity index (χ2n) is 4.29. The molecule has 3 aromatic rings. The van der Waals surface area contributed by atoms with Crippen molar-refractivity contribution in [1.82, 2.24) is 4.98 Å². The highest BCUT2D eigenvalue weighted by Crippen LogP contribution is 2.29. The Kier molecular flexibility index (Phi) is 3.19. The van der Waals surface area contributed by atoms with Gasteiger partial charge >= 0.3 is 0 Å². The van der Waals surface area contributed by atoms with Gasteiger partial charge in [0.15, 0.2) is 0 Å². The highest BCUT2D eigenvalue weighted by molar-refractivity contribution is 7.17. The van der Waals surface area contributed by atoms with Crippen molar-refractivity contribution in [2.45, 2.75) is 6.04 Å². The highest BCUT2D eigenvalue weighted by Gasteiger charge is 2.14. The van der Waals surface area contributed by atoms with Crippen LogP contribution in [0.1, 0.15) is 17.2 Å². The molecule has 1 unspecified atom stereocenters. The van der Waals surface area contributed by atoms with E-state index in [1.165, 1.54) is 0 Å². The van der Waals surface area contributed by atoms with Crippen LogP contribution < -0.4 is 10.5 Å². The Morgan fingerprint density at radius 3 is 2.95 bits per heavy atom. The average Bonchev–Trinajstić information content (AvgIpc) is 2.93. The van der Waals surface area contributed by atoms with Gasteiger partial charge in [-0.05, 0) is 29.1 Å². The van der Waals surface area contributed by atoms with Crippen LogP contribution in [0.2, 0.25) is 0 Å². The summed E-state index contributed by atoms with van der Waals surface area (Å²) in [7, 11) is 1.66. The van der Waals surface area contributed by atoms with Crippen molar-refractivity contribution in [2.75, 3.05) is 7.11 Å². The van der Waals surface area contributed by atoms with E-state index in [2.05, 4.69) is 11.1 Å². The van der Waals surface area contributed by atoms with Gasteiger partial charge in [0.25, 0.3) is 0 Å². The maximum atomic E-state index is 6.34. The molecule has 1 aromatic carbocycles. The zero-order valence-corrected chi connectivity index (χ0v) is 11.4. The molecule has 0 radical (unpaired) electrons. The number of benzene rings is 1. The van der Waals surface area contributed by atoms with Crippen molar-refractivity contribution in [3.63, 3.8) is 0 Å². The maximum absolute atomic E-state index is 6.34. The van der Waals surface area contributed by atoms with Crippen molar-refractivity contribution in [3.8, 4) is 5.75 Å². The van der Waals surface area contributed by atoms with Gasteiger partial charge in [0, 0.05) is 11.8 Å². The first-order valence-electron chi connectivity index (χ1n) is 6.01. The minimum absolute atomic E-state index is 0.227. The lowest BCUT2D eigenvalue weighted by atomic mass is 10.00. The molecule has 0 aliphatic rings. The topological polar surface area (TPSA) is 48.1 Å². The SMILES string of the molecule is COc1ccccc1C(N)c1cnc2ccsc2c1. The summed E-state index contributed by atoms with van der Waals surface area (Å²) in [5, 5.41) is 2.04. The average molecular weight is 270 g/mol. The molecule has 0 fully saturated rings. The predicted molar refractivity (Wildman–Crippen MR) is 78.6 cm³/mol. The number of nitrogens with zero attached hydrogens (tertiary/aromatic N) is 1. The molecule has 0 amide bonds. The summed E-state index contributed by atoms with van der Waals surface area (Å²) in [6.45, 7) is 0. The summed E-state index contributed by atoms with van der Waals surface area (Å²) in [5.41, 5.74) is 9.33. The molecule has 0 spiro atoms. The van der Waals surface area contributed by atoms with E-state index >= 15 is 0 Å². The van der Waals surface area contributed by atoms with Crippen LogP contribution in [0.15, 0.2) is 48.0 Å². The van der Waals surface area contributed by atoms with Crippen molar-refractivity contribution in [3.05, 3.63) is 59.1 Å². The second-order valence-corrected chi connectivity index (χ2v) is 5.24. The normalized spacial score (nSPS) is 12.5. The summed E-state index contributed by atoms with van der Waals surface area (Å²) in [4.78, 5) is 4.43. The smallest absolute Gasteiger partial charge is 0.123 e. The number of para-hydroxylation sites is 1. The van der Waals surface area contributed by atoms with Crippen LogP contribution in [-0.2, 0) is 0 Å². The van der Waals surface area contributed by atoms with Crippen LogP contribution in [-0.4, -0.2) is 12.1 Å². The molecule has 0 aliphatic heterocycles. The zero-order valence-electron chi connectivity index (χ0n) is 10.5. The lowest BCUT2D eigenvalue weighted by molar-refractivity contribution is 0.408. The first-order chi connectivity index (χ1) is 9.29. The fraction of sp³-hybridized carbons (Fsp3) is 0.133. The number of fused-ring (bicyclic) bond motifs is 1. The third-order valence-electron chi connectivity index (χ3n) is 3.16. The molecule has 0 saturated carbocycles. The summed E-state index contributed by atoms with van der Waals surface area (Å²) < 4.78 is 6.52. The van der Waals surface area contributed by atoms with Gasteiger partial charge in [-0.15, -0.1) is 11.3 Å². The van der Waals surface area contributed by atoms with Crippen molar-refractivity contribution in [1.29, 1.82) is 0 Å². The third-order valence-corrected chi connectivity index (χ3v) is 4.01. The zero-order chi connectivity index (χ0) is 13.2. The van der Waals surface area contributed by atoms with Crippen LogP contribution in [0, 0.1) is 0 Å². The monoisotopic (exact) mass is 270 g/mol. The van der Waals surface area contributed by atoms with Crippen LogP contribution >= 0.6 is 11.3 Å². The Morgan fingerprint density at radius 1 is 1.26 bits per heavy atom. The fourth-order valence-corrected chi connectivity index (χ4v) is 2.92. The largest absolute Gasteiger partial charge is 0.496 e. The van der Waals surface area contributed by atoms with Gasteiger partial charge in [-0.1, -0.05) is 18.2 Å². The number of hydrogen-bond donors (Lipinski definition) is 1. The minimum atomic E-state index is -0.227. The quantitative estimate of drug-likeness (QED) is 0.794. The van der Waals surface area contributed by atoms with Crippen LogP contribution in [0.3, 0.4) is 0 Å². The molecule has 2 N–H and O–H groups in total. The molecule has 19 heavy (non-hydrogen) atoms. The Balaban J connectivity index is 2.04. The van der Waals surface area contributed by atoms with Crippen LogP contribution in [0.25, 0.3) is 10.2 Å². The van der Waals surface area contributed by atoms with Gasteiger partial charge in [0.1, 0.15) is 5.75 Å². The fourth-order valence-electron chi connectivity index (χ4n) is 2.13. The molecule has 96 valence electrons. The summed E-state index contributed by atoms with van der Waals surface area (Å²) in [6, 6.07) is 11.7. The van der Waals surface area contributed by atoms with E-state index in [1.807, 2.05) is 41.9 Å². The Hall–Kier alpha value is -1.91. The van der Waals surface area contributed by atoms with Crippen LogP contribution in [0.5, 0.6) is 5.75 Å². The van der Waals surface area contributed by atoms with Gasteiger partial charge in [-0.3, -0.25) is 4.98 Å². The molecule has 0 aliphatic carbocycles. The highest BCUT2D eigenvalue weighted by atomic mass is 32.1. The lowest BCUT2D eigenvalue weighted by Gasteiger charge is -2.15. The Labute approximate surface area is 115 Å². The number of rotatable bonds is 3. The second kappa shape index (κ2) is 4.99. The Bertz CT molecular complexity index is 708. The van der Waals surface area contributed by atoms with E-state index in [1.54, 1.807) is 18.4 Å². The number of nitrogens with two attached hydrogens (primary N) is 1. The van der Waals surface area contributed by atoms with E-state index in [-0.39, 0.29) is 6.04 Å². The van der Waals surface area contributed by atoms with Gasteiger partial charge < -0.3 is 10.5 Å². The predicted octanol–water partition coefficient (Wildman–Crippen LogP) is 3.35. The van der Waals surface area contributed by atoms with E-state index in [0.717, 1.165) is 27.1 Å². The third kappa shape index (κ3) is 2.20. The molecule has 1 atom stereocenters. The van der Waals surface area contributed by atoms with E-state index in [0.29, 0.717) is 0 Å². The van der Waals surface area contributed by atoms with Crippen molar-refractivity contribution in [2.24, 2.45) is 5.73 Å². The molecular weight excluding hydrogens is 256 g/mol. The lowest BCUT2D eigenvalue weighted by Crippen LogP contribution is -2.13. The molecule has 4 heteroatoms. The molecule has 0 saturated heterocycles. The Morgan fingerprint density at radius 2 is 2.11 bits per heavy atom. The molecule has 2 aromatic heterocycles. The van der Waals surface area contributed by atoms with Crippen molar-refractivity contribution >= 4 is 21.6 Å². The molecular formula is C15H14N2OS. The summed E-state index contributed by atoms with van der Waals surface area (Å²) in [5.74, 6) is 0.807. The number of thiophene rings is 1. The number of methoxy groups -OCH3 is 1. The van der Waals surface area contributed by atoms with Gasteiger partial charge in [0.05, 0.1) is 23.4 Å². The van der Waals surface area contributed by atoms with E-state index in [9.17, 15) is 0 Å². The minimum Gasteiger partial charge on any atom is -0.496 e. The number of aromatic nitrogens is 1. The number of ether oxygens (including phenoxy) is 1. The number of hydrogen-bond acceptors (Lipinski definition) is 4. The molecule has 3 rings (SSSR count). The molecule has 0 bridgehead atoms. The molecule has 2 heterocycles. The van der Waals surface area contributed by atoms with Gasteiger partial charge in [0.2, 0.25) is 0 Å². The standard InChI is InChI=1S/C15H14N2OS/c1-18-13-5-3-2-4-11(13)15(16)10-8-14-12(17-9-10)6-7-19-14/h2-9,15H,16H2,1H3. The summed E-state index contributed by atoms with van der Waals surface area (Å²) in [6.07, 6.45) is 1.84. The van der Waals surface area contributed by atoms with Gasteiger partial charge in [-0.2, -0.15) is 0 Å². The van der Waals surface area contributed by atoms with E-state index < -0.39 is 0 Å². The van der Waals surface area contributed by atoms with Crippen molar-refractivity contribution < 1.29 is 4.74 Å². The first kappa shape index (κ1) is 12.1. The molecule has 3 nitrogen and oxygen atoms in total. The van der Waals surface area contributed by atoms with Crippen LogP contribution in [0.4, 0.5) is 0 Å². The summed E-state index contributed by atoms with van der Waals surface area (Å²) >= 11 is 1.67. The number of pyridine rings is 1. The maximum Gasteiger partial charge on any atom is 0.123 e. The van der Waals surface area contributed by atoms with Gasteiger partial charge in [-0.25, -0.2) is 0 Å².